The van der Waals surface area contributed by atoms with Crippen molar-refractivity contribution in [1.29, 1.82) is 0 Å². The zero-order valence-corrected chi connectivity index (χ0v) is 8.62. The van der Waals surface area contributed by atoms with E-state index in [1.165, 1.54) is 0 Å². The van der Waals surface area contributed by atoms with Gasteiger partial charge in [-0.15, -0.1) is 0 Å². The van der Waals surface area contributed by atoms with Crippen molar-refractivity contribution in [3.05, 3.63) is 35.9 Å². The Morgan fingerprint density at radius 3 is 2.13 bits per heavy atom. The molecule has 15 heavy (non-hydrogen) atoms. The number of benzene rings is 1. The zero-order chi connectivity index (χ0) is 10.9. The van der Waals surface area contributed by atoms with Crippen molar-refractivity contribution in [2.45, 2.75) is 25.2 Å². The van der Waals surface area contributed by atoms with Crippen LogP contribution in [0.1, 0.15) is 25.3 Å². The van der Waals surface area contributed by atoms with E-state index in [2.05, 4.69) is 5.32 Å². The molecule has 2 rings (SSSR count). The number of carbonyl (C=O) groups is 2. The maximum Gasteiger partial charge on any atom is 0.227 e. The Labute approximate surface area is 88.5 Å². The van der Waals surface area contributed by atoms with Gasteiger partial charge in [0.1, 0.15) is 0 Å². The standard InChI is InChI=1S/C12H13NO2/c1-12(9-5-3-2-4-6-9)7-10(14)13-11(15)8-12/h2-6H,7-8H2,1H3,(H,13,14,15). The summed E-state index contributed by atoms with van der Waals surface area (Å²) in [6, 6.07) is 9.71. The van der Waals surface area contributed by atoms with Gasteiger partial charge >= 0.3 is 0 Å². The summed E-state index contributed by atoms with van der Waals surface area (Å²) >= 11 is 0. The fourth-order valence-electron chi connectivity index (χ4n) is 2.06. The third kappa shape index (κ3) is 1.91. The summed E-state index contributed by atoms with van der Waals surface area (Å²) in [5, 5.41) is 2.33. The Balaban J connectivity index is 2.34. The average molecular weight is 203 g/mol. The molecule has 1 aliphatic heterocycles. The molecular formula is C12H13NO2. The number of amides is 2. The summed E-state index contributed by atoms with van der Waals surface area (Å²) in [5.41, 5.74) is 0.703. The van der Waals surface area contributed by atoms with Crippen molar-refractivity contribution < 1.29 is 9.59 Å². The molecule has 0 aromatic heterocycles. The van der Waals surface area contributed by atoms with Crippen molar-refractivity contribution in [1.82, 2.24) is 5.32 Å². The highest BCUT2D eigenvalue weighted by atomic mass is 16.2. The molecule has 1 heterocycles. The van der Waals surface area contributed by atoms with E-state index in [-0.39, 0.29) is 17.2 Å². The molecule has 0 aliphatic carbocycles. The highest BCUT2D eigenvalue weighted by Crippen LogP contribution is 2.33. The van der Waals surface area contributed by atoms with Gasteiger partial charge in [0, 0.05) is 18.3 Å². The smallest absolute Gasteiger partial charge is 0.227 e. The third-order valence-corrected chi connectivity index (χ3v) is 2.85. The van der Waals surface area contributed by atoms with Gasteiger partial charge in [0.2, 0.25) is 11.8 Å². The second-order valence-corrected chi connectivity index (χ2v) is 4.25. The number of nitrogens with one attached hydrogen (secondary N) is 1. The van der Waals surface area contributed by atoms with Crippen LogP contribution in [-0.2, 0) is 15.0 Å². The van der Waals surface area contributed by atoms with E-state index in [1.54, 1.807) is 0 Å². The van der Waals surface area contributed by atoms with Gasteiger partial charge in [0.25, 0.3) is 0 Å². The van der Waals surface area contributed by atoms with Crippen LogP contribution in [0, 0.1) is 0 Å². The summed E-state index contributed by atoms with van der Waals surface area (Å²) in [4.78, 5) is 22.7. The molecular weight excluding hydrogens is 190 g/mol. The Hall–Kier alpha value is -1.64. The van der Waals surface area contributed by atoms with E-state index in [9.17, 15) is 9.59 Å². The van der Waals surface area contributed by atoms with Crippen molar-refractivity contribution in [2.75, 3.05) is 0 Å². The van der Waals surface area contributed by atoms with Gasteiger partial charge in [-0.3, -0.25) is 14.9 Å². The predicted octanol–water partition coefficient (Wildman–Crippen LogP) is 1.38. The van der Waals surface area contributed by atoms with Gasteiger partial charge in [0.05, 0.1) is 0 Å². The average Bonchev–Trinajstić information content (AvgIpc) is 2.17. The van der Waals surface area contributed by atoms with Gasteiger partial charge in [-0.1, -0.05) is 37.3 Å². The first kappa shape index (κ1) is 9.90. The van der Waals surface area contributed by atoms with Crippen LogP contribution in [0.4, 0.5) is 0 Å². The molecule has 0 unspecified atom stereocenters. The molecule has 1 aliphatic rings. The summed E-state index contributed by atoms with van der Waals surface area (Å²) < 4.78 is 0. The lowest BCUT2D eigenvalue weighted by atomic mass is 9.74. The number of imide groups is 1. The van der Waals surface area contributed by atoms with Gasteiger partial charge in [-0.05, 0) is 5.56 Å². The molecule has 0 atom stereocenters. The highest BCUT2D eigenvalue weighted by molar-refractivity contribution is 5.99. The molecule has 2 amide bonds. The largest absolute Gasteiger partial charge is 0.296 e. The number of carbonyl (C=O) groups excluding carboxylic acids is 2. The van der Waals surface area contributed by atoms with Gasteiger partial charge in [0.15, 0.2) is 0 Å². The minimum atomic E-state index is -0.347. The fourth-order valence-corrected chi connectivity index (χ4v) is 2.06. The molecule has 78 valence electrons. The van der Waals surface area contributed by atoms with E-state index in [4.69, 9.17) is 0 Å². The molecule has 1 fully saturated rings. The van der Waals surface area contributed by atoms with E-state index >= 15 is 0 Å². The summed E-state index contributed by atoms with van der Waals surface area (Å²) in [7, 11) is 0. The number of rotatable bonds is 1. The Morgan fingerprint density at radius 1 is 1.07 bits per heavy atom. The quantitative estimate of drug-likeness (QED) is 0.701. The zero-order valence-electron chi connectivity index (χ0n) is 8.62. The first-order chi connectivity index (χ1) is 7.10. The van der Waals surface area contributed by atoms with Gasteiger partial charge in [-0.2, -0.15) is 0 Å². The second-order valence-electron chi connectivity index (χ2n) is 4.25. The number of hydrogen-bond donors (Lipinski definition) is 1. The maximum atomic E-state index is 11.3. The van der Waals surface area contributed by atoms with Crippen LogP contribution >= 0.6 is 0 Å². The minimum Gasteiger partial charge on any atom is -0.296 e. The fraction of sp³-hybridized carbons (Fsp3) is 0.333. The van der Waals surface area contributed by atoms with Crippen molar-refractivity contribution >= 4 is 11.8 Å². The van der Waals surface area contributed by atoms with E-state index in [1.807, 2.05) is 37.3 Å². The van der Waals surface area contributed by atoms with Crippen LogP contribution < -0.4 is 5.32 Å². The molecule has 1 aromatic carbocycles. The van der Waals surface area contributed by atoms with Gasteiger partial charge in [-0.25, -0.2) is 0 Å². The lowest BCUT2D eigenvalue weighted by Gasteiger charge is -2.32. The van der Waals surface area contributed by atoms with Crippen molar-refractivity contribution in [2.24, 2.45) is 0 Å². The molecule has 0 saturated carbocycles. The van der Waals surface area contributed by atoms with E-state index in [0.29, 0.717) is 12.8 Å². The summed E-state index contributed by atoms with van der Waals surface area (Å²) in [6.45, 7) is 1.96. The molecule has 0 bridgehead atoms. The molecule has 0 spiro atoms. The molecule has 1 N–H and O–H groups in total. The SMILES string of the molecule is CC1(c2ccccc2)CC(=O)NC(=O)C1. The molecule has 1 aromatic rings. The first-order valence-electron chi connectivity index (χ1n) is 4.98. The topological polar surface area (TPSA) is 46.2 Å². The Kier molecular flexibility index (Phi) is 2.31. The Morgan fingerprint density at radius 2 is 1.60 bits per heavy atom. The summed E-state index contributed by atoms with van der Waals surface area (Å²) in [5.74, 6) is -0.366. The van der Waals surface area contributed by atoms with Crippen molar-refractivity contribution in [3.63, 3.8) is 0 Å². The highest BCUT2D eigenvalue weighted by Gasteiger charge is 2.36. The predicted molar refractivity (Wildman–Crippen MR) is 56.2 cm³/mol. The van der Waals surface area contributed by atoms with Crippen molar-refractivity contribution in [3.8, 4) is 0 Å². The number of piperidine rings is 1. The molecule has 3 nitrogen and oxygen atoms in total. The molecule has 0 radical (unpaired) electrons. The second kappa shape index (κ2) is 3.50. The van der Waals surface area contributed by atoms with Crippen LogP contribution in [-0.4, -0.2) is 11.8 Å². The van der Waals surface area contributed by atoms with E-state index in [0.717, 1.165) is 5.56 Å². The third-order valence-electron chi connectivity index (χ3n) is 2.85. The lowest BCUT2D eigenvalue weighted by molar-refractivity contribution is -0.135. The summed E-state index contributed by atoms with van der Waals surface area (Å²) in [6.07, 6.45) is 0.755. The maximum absolute atomic E-state index is 11.3. The van der Waals surface area contributed by atoms with E-state index < -0.39 is 0 Å². The van der Waals surface area contributed by atoms with Crippen LogP contribution in [0.3, 0.4) is 0 Å². The van der Waals surface area contributed by atoms with Crippen LogP contribution in [0.25, 0.3) is 0 Å². The monoisotopic (exact) mass is 203 g/mol. The van der Waals surface area contributed by atoms with Crippen LogP contribution in [0.2, 0.25) is 0 Å². The first-order valence-corrected chi connectivity index (χ1v) is 4.98. The minimum absolute atomic E-state index is 0.183. The lowest BCUT2D eigenvalue weighted by Crippen LogP contribution is -2.45. The Bertz CT molecular complexity index is 381. The van der Waals surface area contributed by atoms with Crippen LogP contribution in [0.5, 0.6) is 0 Å². The molecule has 3 heteroatoms. The molecule has 1 saturated heterocycles. The van der Waals surface area contributed by atoms with Gasteiger partial charge < -0.3 is 0 Å². The number of hydrogen-bond acceptors (Lipinski definition) is 2. The van der Waals surface area contributed by atoms with Crippen LogP contribution in [0.15, 0.2) is 30.3 Å². The normalized spacial score (nSPS) is 19.8.